The number of methoxy groups -OCH3 is 2. The van der Waals surface area contributed by atoms with Crippen LogP contribution in [-0.4, -0.2) is 72.8 Å². The van der Waals surface area contributed by atoms with Gasteiger partial charge in [-0.25, -0.2) is 0 Å². The maximum Gasteiger partial charge on any atom is 0.194 e. The Bertz CT molecular complexity index is 838. The molecule has 2 heterocycles. The third kappa shape index (κ3) is 6.71. The van der Waals surface area contributed by atoms with Gasteiger partial charge in [0, 0.05) is 38.0 Å². The van der Waals surface area contributed by atoms with Gasteiger partial charge in [-0.3, -0.25) is 9.67 Å². The van der Waals surface area contributed by atoms with Gasteiger partial charge in [-0.05, 0) is 24.6 Å². The van der Waals surface area contributed by atoms with Gasteiger partial charge < -0.3 is 29.5 Å². The summed E-state index contributed by atoms with van der Waals surface area (Å²) in [7, 11) is 5.07. The largest absolute Gasteiger partial charge is 0.497 e. The number of nitrogens with one attached hydrogen (secondary N) is 1. The topological polar surface area (TPSA) is 93.4 Å². The smallest absolute Gasteiger partial charge is 0.194 e. The van der Waals surface area contributed by atoms with E-state index in [0.29, 0.717) is 30.2 Å². The standard InChI is InChI=1S/C21H31N5O4.HI/c1-5-22-21(26-6-7-30-20(14-26)16-11-24-25(2)13-16)23-12-19(27)15-8-17(28-3)10-18(9-15)29-4;/h8-11,13,19-20,27H,5-7,12,14H2,1-4H3,(H,22,23);1H. The van der Waals surface area contributed by atoms with E-state index in [1.54, 1.807) is 37.1 Å². The molecule has 3 rings (SSSR count). The van der Waals surface area contributed by atoms with Crippen LogP contribution in [0.2, 0.25) is 0 Å². The summed E-state index contributed by atoms with van der Waals surface area (Å²) in [6.07, 6.45) is 2.96. The molecule has 0 radical (unpaired) electrons. The molecule has 1 aliphatic heterocycles. The third-order valence-corrected chi connectivity index (χ3v) is 4.97. The summed E-state index contributed by atoms with van der Waals surface area (Å²) in [6.45, 7) is 4.97. The number of nitrogens with zero attached hydrogens (tertiary/aromatic N) is 4. The van der Waals surface area contributed by atoms with Crippen molar-refractivity contribution < 1.29 is 19.3 Å². The molecule has 172 valence electrons. The summed E-state index contributed by atoms with van der Waals surface area (Å²) in [4.78, 5) is 6.84. The zero-order chi connectivity index (χ0) is 21.5. The van der Waals surface area contributed by atoms with E-state index < -0.39 is 6.10 Å². The molecule has 0 spiro atoms. The first-order valence-electron chi connectivity index (χ1n) is 10.1. The predicted molar refractivity (Wildman–Crippen MR) is 129 cm³/mol. The minimum atomic E-state index is -0.780. The number of hydrogen-bond acceptors (Lipinski definition) is 6. The van der Waals surface area contributed by atoms with Crippen LogP contribution in [0.15, 0.2) is 35.6 Å². The van der Waals surface area contributed by atoms with Crippen molar-refractivity contribution in [3.05, 3.63) is 41.7 Å². The van der Waals surface area contributed by atoms with Gasteiger partial charge in [-0.1, -0.05) is 0 Å². The Hall–Kier alpha value is -2.05. The number of hydrogen-bond donors (Lipinski definition) is 2. The molecular weight excluding hydrogens is 513 g/mol. The molecule has 31 heavy (non-hydrogen) atoms. The monoisotopic (exact) mass is 545 g/mol. The number of aliphatic hydroxyl groups excluding tert-OH is 1. The van der Waals surface area contributed by atoms with E-state index in [1.807, 2.05) is 26.4 Å². The maximum absolute atomic E-state index is 10.7. The van der Waals surface area contributed by atoms with E-state index in [-0.39, 0.29) is 36.6 Å². The Labute approximate surface area is 200 Å². The highest BCUT2D eigenvalue weighted by Crippen LogP contribution is 2.27. The summed E-state index contributed by atoms with van der Waals surface area (Å²) in [5, 5.41) is 18.3. The fraction of sp³-hybridized carbons (Fsp3) is 0.524. The Morgan fingerprint density at radius 3 is 2.61 bits per heavy atom. The maximum atomic E-state index is 10.7. The Kier molecular flexibility index (Phi) is 9.85. The van der Waals surface area contributed by atoms with Crippen molar-refractivity contribution in [1.29, 1.82) is 0 Å². The molecule has 0 saturated carbocycles. The Balaban J connectivity index is 0.00000341. The first kappa shape index (κ1) is 25.2. The highest BCUT2D eigenvalue weighted by molar-refractivity contribution is 14.0. The second kappa shape index (κ2) is 12.1. The van der Waals surface area contributed by atoms with Crippen LogP contribution in [0.4, 0.5) is 0 Å². The number of aromatic nitrogens is 2. The van der Waals surface area contributed by atoms with Crippen molar-refractivity contribution in [2.45, 2.75) is 19.1 Å². The van der Waals surface area contributed by atoms with E-state index in [2.05, 4.69) is 20.3 Å². The van der Waals surface area contributed by atoms with E-state index >= 15 is 0 Å². The summed E-state index contributed by atoms with van der Waals surface area (Å²) < 4.78 is 18.3. The zero-order valence-electron chi connectivity index (χ0n) is 18.4. The number of benzene rings is 1. The minimum absolute atomic E-state index is 0. The first-order chi connectivity index (χ1) is 14.5. The average Bonchev–Trinajstić information content (AvgIpc) is 3.22. The van der Waals surface area contributed by atoms with Crippen LogP contribution >= 0.6 is 24.0 Å². The molecule has 2 N–H and O–H groups in total. The lowest BCUT2D eigenvalue weighted by atomic mass is 10.1. The quantitative estimate of drug-likeness (QED) is 0.313. The number of halogens is 1. The molecule has 2 atom stereocenters. The van der Waals surface area contributed by atoms with E-state index in [9.17, 15) is 5.11 Å². The summed E-state index contributed by atoms with van der Waals surface area (Å²) in [5.74, 6) is 2.02. The predicted octanol–water partition coefficient (Wildman–Crippen LogP) is 2.13. The SMILES string of the molecule is CCNC(=NCC(O)c1cc(OC)cc(OC)c1)N1CCOC(c2cnn(C)c2)C1.I. The second-order valence-electron chi connectivity index (χ2n) is 7.11. The van der Waals surface area contributed by atoms with Crippen molar-refractivity contribution in [2.75, 3.05) is 47.0 Å². The van der Waals surface area contributed by atoms with E-state index in [0.717, 1.165) is 24.6 Å². The summed E-state index contributed by atoms with van der Waals surface area (Å²) in [5.41, 5.74) is 1.74. The van der Waals surface area contributed by atoms with Crippen LogP contribution in [0, 0.1) is 0 Å². The van der Waals surface area contributed by atoms with Gasteiger partial charge in [0.15, 0.2) is 5.96 Å². The number of aliphatic imine (C=N–C) groups is 1. The van der Waals surface area contributed by atoms with Crippen molar-refractivity contribution in [2.24, 2.45) is 12.0 Å². The molecule has 1 fully saturated rings. The minimum Gasteiger partial charge on any atom is -0.497 e. The molecule has 2 unspecified atom stereocenters. The molecule has 1 saturated heterocycles. The highest BCUT2D eigenvalue weighted by Gasteiger charge is 2.25. The number of aliphatic hydroxyl groups is 1. The van der Waals surface area contributed by atoms with Gasteiger partial charge in [0.05, 0.1) is 46.2 Å². The van der Waals surface area contributed by atoms with Gasteiger partial charge in [0.1, 0.15) is 17.6 Å². The molecule has 1 aromatic heterocycles. The molecule has 10 heteroatoms. The fourth-order valence-corrected chi connectivity index (χ4v) is 3.38. The van der Waals surface area contributed by atoms with Gasteiger partial charge in [-0.15, -0.1) is 24.0 Å². The third-order valence-electron chi connectivity index (χ3n) is 4.97. The van der Waals surface area contributed by atoms with Crippen molar-refractivity contribution in [1.82, 2.24) is 20.0 Å². The second-order valence-corrected chi connectivity index (χ2v) is 7.11. The van der Waals surface area contributed by atoms with E-state index in [4.69, 9.17) is 14.2 Å². The Morgan fingerprint density at radius 1 is 1.32 bits per heavy atom. The molecule has 0 bridgehead atoms. The van der Waals surface area contributed by atoms with Gasteiger partial charge in [0.2, 0.25) is 0 Å². The van der Waals surface area contributed by atoms with E-state index in [1.165, 1.54) is 0 Å². The molecule has 0 amide bonds. The average molecular weight is 545 g/mol. The van der Waals surface area contributed by atoms with Crippen LogP contribution in [0.5, 0.6) is 11.5 Å². The van der Waals surface area contributed by atoms with Crippen LogP contribution in [0.3, 0.4) is 0 Å². The van der Waals surface area contributed by atoms with Crippen LogP contribution in [-0.2, 0) is 11.8 Å². The lowest BCUT2D eigenvalue weighted by Gasteiger charge is -2.35. The van der Waals surface area contributed by atoms with Gasteiger partial charge in [-0.2, -0.15) is 5.10 Å². The summed E-state index contributed by atoms with van der Waals surface area (Å²) >= 11 is 0. The normalized spacial score (nSPS) is 17.6. The molecule has 9 nitrogen and oxygen atoms in total. The lowest BCUT2D eigenvalue weighted by molar-refractivity contribution is -0.00811. The number of guanidine groups is 1. The Morgan fingerprint density at radius 2 is 2.03 bits per heavy atom. The van der Waals surface area contributed by atoms with Crippen LogP contribution in [0.25, 0.3) is 0 Å². The van der Waals surface area contributed by atoms with Gasteiger partial charge >= 0.3 is 0 Å². The number of ether oxygens (including phenoxy) is 3. The molecule has 1 aromatic carbocycles. The molecule has 1 aliphatic rings. The summed E-state index contributed by atoms with van der Waals surface area (Å²) in [6, 6.07) is 5.36. The zero-order valence-corrected chi connectivity index (χ0v) is 20.8. The van der Waals surface area contributed by atoms with Gasteiger partial charge in [0.25, 0.3) is 0 Å². The molecule has 0 aliphatic carbocycles. The lowest BCUT2D eigenvalue weighted by Crippen LogP contribution is -2.48. The van der Waals surface area contributed by atoms with Crippen LogP contribution < -0.4 is 14.8 Å². The fourth-order valence-electron chi connectivity index (χ4n) is 3.38. The number of aryl methyl sites for hydroxylation is 1. The van der Waals surface area contributed by atoms with Crippen molar-refractivity contribution >= 4 is 29.9 Å². The first-order valence-corrected chi connectivity index (χ1v) is 10.1. The number of morpholine rings is 1. The van der Waals surface area contributed by atoms with Crippen molar-refractivity contribution in [3.8, 4) is 11.5 Å². The molecule has 2 aromatic rings. The van der Waals surface area contributed by atoms with Crippen LogP contribution in [0.1, 0.15) is 30.3 Å². The van der Waals surface area contributed by atoms with Crippen molar-refractivity contribution in [3.63, 3.8) is 0 Å². The molecular formula is C21H32IN5O4. The number of rotatable bonds is 7. The highest BCUT2D eigenvalue weighted by atomic mass is 127.